The summed E-state index contributed by atoms with van der Waals surface area (Å²) < 4.78 is 17.1. The van der Waals surface area contributed by atoms with E-state index in [4.69, 9.17) is 14.2 Å². The van der Waals surface area contributed by atoms with Gasteiger partial charge in [-0.15, -0.1) is 10.2 Å². The predicted octanol–water partition coefficient (Wildman–Crippen LogP) is 1.73. The Morgan fingerprint density at radius 1 is 1.10 bits per heavy atom. The first kappa shape index (κ1) is 20.3. The number of aryl methyl sites for hydroxylation is 1. The molecule has 0 saturated heterocycles. The molecule has 3 aromatic rings. The zero-order valence-electron chi connectivity index (χ0n) is 16.3. The normalized spacial score (nSPS) is 10.5. The van der Waals surface area contributed by atoms with Gasteiger partial charge in [0.2, 0.25) is 16.8 Å². The number of rotatable bonds is 7. The third-order valence-corrected chi connectivity index (χ3v) is 4.65. The molecule has 152 valence electrons. The molecular formula is C18H19N5O5S. The van der Waals surface area contributed by atoms with E-state index < -0.39 is 11.5 Å². The van der Waals surface area contributed by atoms with E-state index in [0.29, 0.717) is 33.6 Å². The number of benzene rings is 1. The van der Waals surface area contributed by atoms with Crippen LogP contribution < -0.4 is 25.1 Å². The molecule has 0 spiro atoms. The summed E-state index contributed by atoms with van der Waals surface area (Å²) >= 11 is 1.24. The van der Waals surface area contributed by atoms with Crippen molar-refractivity contribution in [2.75, 3.05) is 26.6 Å². The zero-order valence-corrected chi connectivity index (χ0v) is 17.1. The van der Waals surface area contributed by atoms with Gasteiger partial charge in [0, 0.05) is 11.6 Å². The Bertz CT molecular complexity index is 1070. The predicted molar refractivity (Wildman–Crippen MR) is 107 cm³/mol. The lowest BCUT2D eigenvalue weighted by atomic mass is 10.1. The number of carbonyl (C=O) groups is 1. The van der Waals surface area contributed by atoms with Gasteiger partial charge in [0.25, 0.3) is 5.56 Å². The number of nitrogens with one attached hydrogen (secondary N) is 1. The molecule has 1 N–H and O–H groups in total. The molecule has 0 aliphatic carbocycles. The average molecular weight is 417 g/mol. The van der Waals surface area contributed by atoms with Gasteiger partial charge in [-0.1, -0.05) is 11.3 Å². The smallest absolute Gasteiger partial charge is 0.267 e. The first-order valence-electron chi connectivity index (χ1n) is 8.43. The maximum Gasteiger partial charge on any atom is 0.267 e. The molecule has 2 heterocycles. The summed E-state index contributed by atoms with van der Waals surface area (Å²) in [6, 6.07) is 6.32. The Balaban J connectivity index is 1.90. The molecule has 0 atom stereocenters. The third kappa shape index (κ3) is 4.51. The van der Waals surface area contributed by atoms with Crippen LogP contribution in [-0.4, -0.2) is 47.2 Å². The number of ether oxygens (including phenoxy) is 3. The molecule has 3 rings (SSSR count). The highest BCUT2D eigenvalue weighted by Gasteiger charge is 2.16. The standard InChI is InChI=1S/C18H19N5O5S/c1-10-20-21-18(29-10)19-15(24)9-23-16(25)6-5-12(22-23)11-7-13(26-2)17(28-4)14(8-11)27-3/h5-8H,9H2,1-4H3,(H,19,21,24). The van der Waals surface area contributed by atoms with E-state index >= 15 is 0 Å². The Kier molecular flexibility index (Phi) is 6.07. The molecule has 10 nitrogen and oxygen atoms in total. The summed E-state index contributed by atoms with van der Waals surface area (Å²) in [5, 5.41) is 15.6. The summed E-state index contributed by atoms with van der Waals surface area (Å²) in [6.07, 6.45) is 0. The molecule has 0 aliphatic heterocycles. The van der Waals surface area contributed by atoms with Crippen molar-refractivity contribution < 1.29 is 19.0 Å². The van der Waals surface area contributed by atoms with Gasteiger partial charge in [-0.3, -0.25) is 14.9 Å². The van der Waals surface area contributed by atoms with Crippen LogP contribution >= 0.6 is 11.3 Å². The van der Waals surface area contributed by atoms with Crippen molar-refractivity contribution >= 4 is 22.4 Å². The minimum absolute atomic E-state index is 0.268. The molecule has 0 aliphatic rings. The Morgan fingerprint density at radius 2 is 1.79 bits per heavy atom. The third-order valence-electron chi connectivity index (χ3n) is 3.89. The minimum atomic E-state index is -0.433. The molecule has 29 heavy (non-hydrogen) atoms. The lowest BCUT2D eigenvalue weighted by Crippen LogP contribution is -2.29. The topological polar surface area (TPSA) is 117 Å². The van der Waals surface area contributed by atoms with Gasteiger partial charge in [0.05, 0.1) is 27.0 Å². The number of hydrogen-bond acceptors (Lipinski definition) is 9. The quantitative estimate of drug-likeness (QED) is 0.618. The van der Waals surface area contributed by atoms with Gasteiger partial charge < -0.3 is 14.2 Å². The van der Waals surface area contributed by atoms with Crippen molar-refractivity contribution in [3.8, 4) is 28.5 Å². The molecule has 1 aromatic carbocycles. The second kappa shape index (κ2) is 8.69. The maximum absolute atomic E-state index is 12.2. The first-order chi connectivity index (χ1) is 13.9. The molecule has 0 saturated carbocycles. The molecule has 0 fully saturated rings. The van der Waals surface area contributed by atoms with Crippen molar-refractivity contribution in [2.45, 2.75) is 13.5 Å². The van der Waals surface area contributed by atoms with Crippen molar-refractivity contribution in [3.63, 3.8) is 0 Å². The summed E-state index contributed by atoms with van der Waals surface area (Å²) in [7, 11) is 4.53. The number of nitrogens with zero attached hydrogens (tertiary/aromatic N) is 4. The van der Waals surface area contributed by atoms with Crippen LogP contribution in [0.1, 0.15) is 5.01 Å². The first-order valence-corrected chi connectivity index (χ1v) is 9.25. The van der Waals surface area contributed by atoms with E-state index in [9.17, 15) is 9.59 Å². The van der Waals surface area contributed by atoms with E-state index in [0.717, 1.165) is 9.69 Å². The number of amides is 1. The molecular weight excluding hydrogens is 398 g/mol. The second-order valence-corrected chi connectivity index (χ2v) is 6.98. The summed E-state index contributed by atoms with van der Waals surface area (Å²) in [5.41, 5.74) is 0.682. The van der Waals surface area contributed by atoms with Crippen molar-refractivity contribution in [1.29, 1.82) is 0 Å². The second-order valence-electron chi connectivity index (χ2n) is 5.80. The largest absolute Gasteiger partial charge is 0.493 e. The van der Waals surface area contributed by atoms with E-state index in [1.807, 2.05) is 0 Å². The SMILES string of the molecule is COc1cc(-c2ccc(=O)n(CC(=O)Nc3nnc(C)s3)n2)cc(OC)c1OC. The van der Waals surface area contributed by atoms with Crippen LogP contribution in [0.5, 0.6) is 17.2 Å². The van der Waals surface area contributed by atoms with Crippen molar-refractivity contribution in [3.05, 3.63) is 39.6 Å². The van der Waals surface area contributed by atoms with Crippen molar-refractivity contribution in [1.82, 2.24) is 20.0 Å². The van der Waals surface area contributed by atoms with Crippen LogP contribution in [0.15, 0.2) is 29.1 Å². The van der Waals surface area contributed by atoms with Gasteiger partial charge in [0.1, 0.15) is 11.6 Å². The summed E-state index contributed by atoms with van der Waals surface area (Å²) in [5.74, 6) is 0.910. The van der Waals surface area contributed by atoms with Crippen LogP contribution in [0, 0.1) is 6.92 Å². The van der Waals surface area contributed by atoms with Crippen LogP contribution in [0.2, 0.25) is 0 Å². The molecule has 0 radical (unpaired) electrons. The van der Waals surface area contributed by atoms with Crippen molar-refractivity contribution in [2.24, 2.45) is 0 Å². The fourth-order valence-corrected chi connectivity index (χ4v) is 3.20. The monoisotopic (exact) mass is 417 g/mol. The minimum Gasteiger partial charge on any atom is -0.493 e. The lowest BCUT2D eigenvalue weighted by molar-refractivity contribution is -0.117. The molecule has 0 unspecified atom stereocenters. The highest BCUT2D eigenvalue weighted by atomic mass is 32.1. The van der Waals surface area contributed by atoms with E-state index in [2.05, 4.69) is 20.6 Å². The molecule has 0 bridgehead atoms. The Hall–Kier alpha value is -3.47. The number of aromatic nitrogens is 4. The maximum atomic E-state index is 12.2. The van der Waals surface area contributed by atoms with Crippen LogP contribution in [0.3, 0.4) is 0 Å². The van der Waals surface area contributed by atoms with Gasteiger partial charge in [-0.05, 0) is 25.1 Å². The van der Waals surface area contributed by atoms with E-state index in [-0.39, 0.29) is 6.54 Å². The van der Waals surface area contributed by atoms with E-state index in [1.165, 1.54) is 38.7 Å². The highest BCUT2D eigenvalue weighted by Crippen LogP contribution is 2.40. The highest BCUT2D eigenvalue weighted by molar-refractivity contribution is 7.15. The van der Waals surface area contributed by atoms with Gasteiger partial charge >= 0.3 is 0 Å². The van der Waals surface area contributed by atoms with Gasteiger partial charge in [-0.25, -0.2) is 4.68 Å². The van der Waals surface area contributed by atoms with Crippen LogP contribution in [0.25, 0.3) is 11.3 Å². The average Bonchev–Trinajstić information content (AvgIpc) is 3.12. The Labute approximate surface area is 170 Å². The summed E-state index contributed by atoms with van der Waals surface area (Å²) in [6.45, 7) is 1.51. The number of hydrogen-bond donors (Lipinski definition) is 1. The molecule has 2 aromatic heterocycles. The van der Waals surface area contributed by atoms with Gasteiger partial charge in [0.15, 0.2) is 11.5 Å². The van der Waals surface area contributed by atoms with E-state index in [1.54, 1.807) is 25.1 Å². The van der Waals surface area contributed by atoms with Crippen LogP contribution in [-0.2, 0) is 11.3 Å². The summed E-state index contributed by atoms with van der Waals surface area (Å²) in [4.78, 5) is 24.4. The fraction of sp³-hybridized carbons (Fsp3) is 0.278. The number of carbonyl (C=O) groups excluding carboxylic acids is 1. The van der Waals surface area contributed by atoms with Crippen LogP contribution in [0.4, 0.5) is 5.13 Å². The van der Waals surface area contributed by atoms with Gasteiger partial charge in [-0.2, -0.15) is 5.10 Å². The molecule has 11 heteroatoms. The zero-order chi connectivity index (χ0) is 21.0. The lowest BCUT2D eigenvalue weighted by Gasteiger charge is -2.14. The molecule has 1 amide bonds. The number of methoxy groups -OCH3 is 3. The Morgan fingerprint density at radius 3 is 2.34 bits per heavy atom. The fourth-order valence-electron chi connectivity index (χ4n) is 2.59. The number of anilines is 1.